The molecule has 0 aliphatic carbocycles. The van der Waals surface area contributed by atoms with Crippen molar-refractivity contribution in [1.82, 2.24) is 4.90 Å². The first kappa shape index (κ1) is 14.0. The lowest BCUT2D eigenvalue weighted by Crippen LogP contribution is -2.35. The molecule has 3 N–H and O–H groups in total. The van der Waals surface area contributed by atoms with Crippen molar-refractivity contribution in [3.8, 4) is 0 Å². The van der Waals surface area contributed by atoms with Gasteiger partial charge in [0.1, 0.15) is 11.7 Å². The van der Waals surface area contributed by atoms with Crippen LogP contribution >= 0.6 is 0 Å². The molecule has 0 amide bonds. The lowest BCUT2D eigenvalue weighted by Gasteiger charge is -2.32. The number of rotatable bonds is 4. The molecule has 1 unspecified atom stereocenters. The predicted molar refractivity (Wildman–Crippen MR) is 75.7 cm³/mol. The van der Waals surface area contributed by atoms with Gasteiger partial charge in [-0.3, -0.25) is 10.3 Å². The molecule has 1 aromatic rings. The average Bonchev–Trinajstić information content (AvgIpc) is 2.41. The third-order valence-electron chi connectivity index (χ3n) is 3.94. The lowest BCUT2D eigenvalue weighted by molar-refractivity contribution is 0.163. The molecule has 0 saturated carbocycles. The number of amidine groups is 1. The highest BCUT2D eigenvalue weighted by Gasteiger charge is 2.20. The van der Waals surface area contributed by atoms with Gasteiger partial charge in [0, 0.05) is 18.7 Å². The van der Waals surface area contributed by atoms with E-state index in [4.69, 9.17) is 11.1 Å². The highest BCUT2D eigenvalue weighted by Crippen LogP contribution is 2.22. The largest absolute Gasteiger partial charge is 0.384 e. The smallest absolute Gasteiger partial charge is 0.138 e. The van der Waals surface area contributed by atoms with E-state index in [1.54, 1.807) is 18.2 Å². The van der Waals surface area contributed by atoms with Gasteiger partial charge in [0.05, 0.1) is 5.56 Å². The Balaban J connectivity index is 2.10. The minimum Gasteiger partial charge on any atom is -0.384 e. The Morgan fingerprint density at radius 3 is 3.00 bits per heavy atom. The molecule has 1 fully saturated rings. The maximum Gasteiger partial charge on any atom is 0.138 e. The zero-order valence-corrected chi connectivity index (χ0v) is 11.5. The van der Waals surface area contributed by atoms with Gasteiger partial charge >= 0.3 is 0 Å². The molecule has 104 valence electrons. The molecule has 0 radical (unpaired) electrons. The highest BCUT2D eigenvalue weighted by atomic mass is 19.1. The van der Waals surface area contributed by atoms with Crippen LogP contribution in [0.1, 0.15) is 37.3 Å². The molecule has 0 bridgehead atoms. The summed E-state index contributed by atoms with van der Waals surface area (Å²) >= 11 is 0. The Bertz CT molecular complexity index is 459. The fourth-order valence-electron chi connectivity index (χ4n) is 2.78. The van der Waals surface area contributed by atoms with Crippen molar-refractivity contribution >= 4 is 5.84 Å². The summed E-state index contributed by atoms with van der Waals surface area (Å²) in [6.45, 7) is 4.90. The molecule has 0 aromatic heterocycles. The molecule has 2 rings (SSSR count). The molecule has 1 aromatic carbocycles. The Kier molecular flexibility index (Phi) is 4.53. The number of benzene rings is 1. The maximum atomic E-state index is 14.2. The van der Waals surface area contributed by atoms with E-state index in [1.165, 1.54) is 19.3 Å². The van der Waals surface area contributed by atoms with Crippen LogP contribution in [0.15, 0.2) is 18.2 Å². The van der Waals surface area contributed by atoms with Crippen LogP contribution in [0.2, 0.25) is 0 Å². The number of nitrogens with one attached hydrogen (secondary N) is 1. The van der Waals surface area contributed by atoms with E-state index in [9.17, 15) is 4.39 Å². The number of halogens is 1. The fraction of sp³-hybridized carbons (Fsp3) is 0.533. The monoisotopic (exact) mass is 263 g/mol. The van der Waals surface area contributed by atoms with Crippen LogP contribution in [0.3, 0.4) is 0 Å². The minimum atomic E-state index is -0.339. The Hall–Kier alpha value is -1.42. The SMILES string of the molecule is CCC1CCCN(Cc2cccc(C(=N)N)c2F)C1. The second-order valence-corrected chi connectivity index (χ2v) is 5.34. The van der Waals surface area contributed by atoms with Crippen LogP contribution in [0, 0.1) is 17.1 Å². The van der Waals surface area contributed by atoms with Crippen molar-refractivity contribution in [2.24, 2.45) is 11.7 Å². The van der Waals surface area contributed by atoms with Gasteiger partial charge in [-0.2, -0.15) is 0 Å². The number of likely N-dealkylation sites (tertiary alicyclic amines) is 1. The van der Waals surface area contributed by atoms with Crippen LogP contribution in [-0.2, 0) is 6.54 Å². The van der Waals surface area contributed by atoms with Crippen molar-refractivity contribution in [3.05, 3.63) is 35.1 Å². The molecule has 1 atom stereocenters. The summed E-state index contributed by atoms with van der Waals surface area (Å²) in [5.41, 5.74) is 6.24. The third-order valence-corrected chi connectivity index (χ3v) is 3.94. The van der Waals surface area contributed by atoms with Crippen LogP contribution in [0.4, 0.5) is 4.39 Å². The van der Waals surface area contributed by atoms with E-state index in [0.29, 0.717) is 12.1 Å². The van der Waals surface area contributed by atoms with E-state index in [-0.39, 0.29) is 17.2 Å². The molecule has 1 aliphatic rings. The van der Waals surface area contributed by atoms with Gasteiger partial charge in [0.2, 0.25) is 0 Å². The Labute approximate surface area is 114 Å². The van der Waals surface area contributed by atoms with Crippen LogP contribution in [-0.4, -0.2) is 23.8 Å². The normalized spacial score (nSPS) is 20.4. The van der Waals surface area contributed by atoms with Crippen molar-refractivity contribution in [2.45, 2.75) is 32.7 Å². The average molecular weight is 263 g/mol. The van der Waals surface area contributed by atoms with Crippen molar-refractivity contribution < 1.29 is 4.39 Å². The van der Waals surface area contributed by atoms with E-state index in [0.717, 1.165) is 19.0 Å². The van der Waals surface area contributed by atoms with Gasteiger partial charge in [-0.15, -0.1) is 0 Å². The Morgan fingerprint density at radius 2 is 2.32 bits per heavy atom. The number of nitrogen functional groups attached to an aromatic ring is 1. The summed E-state index contributed by atoms with van der Waals surface area (Å²) < 4.78 is 14.2. The first-order chi connectivity index (χ1) is 9.11. The first-order valence-electron chi connectivity index (χ1n) is 6.96. The number of nitrogens with two attached hydrogens (primary N) is 1. The molecule has 0 spiro atoms. The highest BCUT2D eigenvalue weighted by molar-refractivity contribution is 5.95. The summed E-state index contributed by atoms with van der Waals surface area (Å²) in [5.74, 6) is 0.186. The zero-order valence-electron chi connectivity index (χ0n) is 11.5. The number of hydrogen-bond donors (Lipinski definition) is 2. The molecule has 19 heavy (non-hydrogen) atoms. The summed E-state index contributed by atoms with van der Waals surface area (Å²) in [6, 6.07) is 5.12. The van der Waals surface area contributed by atoms with Gasteiger partial charge in [0.15, 0.2) is 0 Å². The Morgan fingerprint density at radius 1 is 1.53 bits per heavy atom. The minimum absolute atomic E-state index is 0.204. The van der Waals surface area contributed by atoms with Crippen LogP contribution in [0.5, 0.6) is 0 Å². The van der Waals surface area contributed by atoms with Gasteiger partial charge in [-0.25, -0.2) is 4.39 Å². The second-order valence-electron chi connectivity index (χ2n) is 5.34. The molecule has 3 nitrogen and oxygen atoms in total. The third kappa shape index (κ3) is 3.32. The van der Waals surface area contributed by atoms with Gasteiger partial charge in [0.25, 0.3) is 0 Å². The van der Waals surface area contributed by atoms with E-state index >= 15 is 0 Å². The number of nitrogens with zero attached hydrogens (tertiary/aromatic N) is 1. The summed E-state index contributed by atoms with van der Waals surface area (Å²) in [5, 5.41) is 7.38. The standard InChI is InChI=1S/C15H22FN3/c1-2-11-5-4-8-19(9-11)10-12-6-3-7-13(14(12)16)15(17)18/h3,6-7,11H,2,4-5,8-10H2,1H3,(H3,17,18). The zero-order chi connectivity index (χ0) is 13.8. The summed E-state index contributed by atoms with van der Waals surface area (Å²) in [4.78, 5) is 2.31. The quantitative estimate of drug-likeness (QED) is 0.648. The molecule has 1 heterocycles. The van der Waals surface area contributed by atoms with Crippen LogP contribution in [0.25, 0.3) is 0 Å². The van der Waals surface area contributed by atoms with E-state index < -0.39 is 0 Å². The maximum absolute atomic E-state index is 14.2. The van der Waals surface area contributed by atoms with Crippen molar-refractivity contribution in [3.63, 3.8) is 0 Å². The molecule has 4 heteroatoms. The van der Waals surface area contributed by atoms with Crippen LogP contribution < -0.4 is 5.73 Å². The summed E-state index contributed by atoms with van der Waals surface area (Å²) in [6.07, 6.45) is 3.65. The fourth-order valence-corrected chi connectivity index (χ4v) is 2.78. The first-order valence-corrected chi connectivity index (χ1v) is 6.96. The van der Waals surface area contributed by atoms with Crippen molar-refractivity contribution in [2.75, 3.05) is 13.1 Å². The molecule has 1 aliphatic heterocycles. The van der Waals surface area contributed by atoms with Gasteiger partial charge < -0.3 is 5.73 Å². The topological polar surface area (TPSA) is 53.1 Å². The summed E-state index contributed by atoms with van der Waals surface area (Å²) in [7, 11) is 0. The van der Waals surface area contributed by atoms with Gasteiger partial charge in [-0.1, -0.05) is 25.5 Å². The number of hydrogen-bond acceptors (Lipinski definition) is 2. The lowest BCUT2D eigenvalue weighted by atomic mass is 9.95. The van der Waals surface area contributed by atoms with E-state index in [1.807, 2.05) is 0 Å². The second kappa shape index (κ2) is 6.15. The molecular weight excluding hydrogens is 241 g/mol. The molecule has 1 saturated heterocycles. The predicted octanol–water partition coefficient (Wildman–Crippen LogP) is 2.73. The molecular formula is C15H22FN3. The van der Waals surface area contributed by atoms with Gasteiger partial charge in [-0.05, 0) is 31.4 Å². The number of piperidine rings is 1. The van der Waals surface area contributed by atoms with Crippen molar-refractivity contribution in [1.29, 1.82) is 5.41 Å². The van der Waals surface area contributed by atoms with E-state index in [2.05, 4.69) is 11.8 Å².